The molecule has 26 heavy (non-hydrogen) atoms. The Morgan fingerprint density at radius 3 is 2.54 bits per heavy atom. The number of nitrogens with zero attached hydrogens (tertiary/aromatic N) is 1. The van der Waals surface area contributed by atoms with Crippen LogP contribution in [0.1, 0.15) is 33.3 Å². The van der Waals surface area contributed by atoms with Gasteiger partial charge < -0.3 is 15.4 Å². The summed E-state index contributed by atoms with van der Waals surface area (Å²) in [4.78, 5) is 15.0. The van der Waals surface area contributed by atoms with Crippen molar-refractivity contribution >= 4 is 17.9 Å². The van der Waals surface area contributed by atoms with E-state index in [0.29, 0.717) is 6.54 Å². The molecule has 2 N–H and O–H groups in total. The van der Waals surface area contributed by atoms with Crippen molar-refractivity contribution in [2.24, 2.45) is 5.73 Å². The maximum atomic E-state index is 12.3. The molecule has 2 rings (SSSR count). The van der Waals surface area contributed by atoms with Crippen LogP contribution in [0.15, 0.2) is 53.4 Å². The van der Waals surface area contributed by atoms with Crippen LogP contribution in [-0.2, 0) is 11.3 Å². The maximum Gasteiger partial charge on any atom is 0.410 e. The minimum absolute atomic E-state index is 0.0406. The number of amides is 1. The highest BCUT2D eigenvalue weighted by atomic mass is 32.2. The Labute approximate surface area is 160 Å². The van der Waals surface area contributed by atoms with E-state index in [-0.39, 0.29) is 11.5 Å². The molecule has 0 saturated carbocycles. The highest BCUT2D eigenvalue weighted by Gasteiger charge is 2.20. The van der Waals surface area contributed by atoms with Gasteiger partial charge >= 0.3 is 6.09 Å². The van der Waals surface area contributed by atoms with Gasteiger partial charge in [0.25, 0.3) is 0 Å². The van der Waals surface area contributed by atoms with E-state index in [0.717, 1.165) is 21.6 Å². The van der Waals surface area contributed by atoms with Gasteiger partial charge in [0.15, 0.2) is 0 Å². The molecule has 0 aliphatic rings. The second-order valence-electron chi connectivity index (χ2n) is 7.34. The van der Waals surface area contributed by atoms with Gasteiger partial charge in [-0.25, -0.2) is 4.79 Å². The Morgan fingerprint density at radius 2 is 1.88 bits per heavy atom. The van der Waals surface area contributed by atoms with Gasteiger partial charge in [-0.1, -0.05) is 36.4 Å². The molecule has 0 spiro atoms. The molecule has 0 saturated heterocycles. The van der Waals surface area contributed by atoms with E-state index in [1.54, 1.807) is 23.7 Å². The summed E-state index contributed by atoms with van der Waals surface area (Å²) >= 11 is 1.63. The molecule has 0 fully saturated rings. The fraction of sp³-hybridized carbons (Fsp3) is 0.381. The van der Waals surface area contributed by atoms with Gasteiger partial charge in [0.1, 0.15) is 5.60 Å². The van der Waals surface area contributed by atoms with E-state index in [2.05, 4.69) is 24.3 Å². The lowest BCUT2D eigenvalue weighted by Gasteiger charge is -2.25. The van der Waals surface area contributed by atoms with E-state index in [4.69, 9.17) is 10.5 Å². The second-order valence-corrected chi connectivity index (χ2v) is 8.80. The zero-order valence-corrected chi connectivity index (χ0v) is 17.0. The Bertz CT molecular complexity index is 754. The summed E-state index contributed by atoms with van der Waals surface area (Å²) in [5.74, 6) is 0. The summed E-state index contributed by atoms with van der Waals surface area (Å²) < 4.78 is 5.45. The molecule has 0 bridgehead atoms. The van der Waals surface area contributed by atoms with Gasteiger partial charge in [-0.15, -0.1) is 11.8 Å². The van der Waals surface area contributed by atoms with Crippen LogP contribution >= 0.6 is 11.8 Å². The molecule has 0 unspecified atom stereocenters. The Kier molecular flexibility index (Phi) is 6.73. The van der Waals surface area contributed by atoms with Crippen molar-refractivity contribution in [1.82, 2.24) is 4.90 Å². The summed E-state index contributed by atoms with van der Waals surface area (Å²) in [6.45, 7) is 8.06. The molecule has 140 valence electrons. The molecule has 4 nitrogen and oxygen atoms in total. The largest absolute Gasteiger partial charge is 0.444 e. The lowest BCUT2D eigenvalue weighted by Crippen LogP contribution is -2.33. The van der Waals surface area contributed by atoms with Gasteiger partial charge in [-0.3, -0.25) is 0 Å². The highest BCUT2D eigenvalue weighted by molar-refractivity contribution is 7.99. The number of carbonyl (C=O) groups excluding carboxylic acids is 1. The predicted molar refractivity (Wildman–Crippen MR) is 109 cm³/mol. The van der Waals surface area contributed by atoms with Crippen molar-refractivity contribution in [3.63, 3.8) is 0 Å². The van der Waals surface area contributed by atoms with E-state index in [1.165, 1.54) is 0 Å². The zero-order valence-electron chi connectivity index (χ0n) is 16.2. The number of hydrogen-bond donors (Lipinski definition) is 1. The van der Waals surface area contributed by atoms with Crippen molar-refractivity contribution in [3.05, 3.63) is 54.1 Å². The molecular formula is C21H28N2O2S. The summed E-state index contributed by atoms with van der Waals surface area (Å²) in [5, 5.41) is 0.0406. The molecule has 0 aliphatic heterocycles. The number of hydrogen-bond acceptors (Lipinski definition) is 4. The van der Waals surface area contributed by atoms with Gasteiger partial charge in [0, 0.05) is 18.5 Å². The summed E-state index contributed by atoms with van der Waals surface area (Å²) in [6, 6.07) is 16.4. The molecular weight excluding hydrogens is 344 g/mol. The highest BCUT2D eigenvalue weighted by Crippen LogP contribution is 2.29. The molecule has 0 aliphatic carbocycles. The number of nitrogens with two attached hydrogens (primary N) is 1. The summed E-state index contributed by atoms with van der Waals surface area (Å²) in [7, 11) is 1.76. The molecule has 2 aromatic rings. The quantitative estimate of drug-likeness (QED) is 0.585. The molecule has 0 radical (unpaired) electrons. The molecule has 2 aromatic carbocycles. The van der Waals surface area contributed by atoms with Crippen LogP contribution in [0.5, 0.6) is 0 Å². The van der Waals surface area contributed by atoms with Gasteiger partial charge in [0.2, 0.25) is 0 Å². The number of rotatable bonds is 5. The van der Waals surface area contributed by atoms with Crippen LogP contribution in [-0.4, -0.2) is 29.0 Å². The topological polar surface area (TPSA) is 55.6 Å². The first-order valence-electron chi connectivity index (χ1n) is 8.70. The van der Waals surface area contributed by atoms with Crippen LogP contribution in [0.2, 0.25) is 0 Å². The van der Waals surface area contributed by atoms with Gasteiger partial charge in [-0.05, 0) is 56.5 Å². The number of carbonyl (C=O) groups is 1. The smallest absolute Gasteiger partial charge is 0.410 e. The van der Waals surface area contributed by atoms with Crippen LogP contribution < -0.4 is 5.73 Å². The molecule has 1 amide bonds. The van der Waals surface area contributed by atoms with Crippen LogP contribution in [0.25, 0.3) is 11.1 Å². The minimum Gasteiger partial charge on any atom is -0.444 e. The number of ether oxygens (including phenoxy) is 1. The molecule has 0 aromatic heterocycles. The van der Waals surface area contributed by atoms with Crippen LogP contribution in [0.4, 0.5) is 4.79 Å². The second kappa shape index (κ2) is 8.60. The molecule has 1 atom stereocenters. The standard InChI is InChI=1S/C21H28N2O2S/c1-15(22)26-18-11-8-10-16(13-18)19-12-7-6-9-17(19)14-23(5)20(24)25-21(2,3)4/h6-13,15H,14,22H2,1-5H3/t15-/m1/s1. The lowest BCUT2D eigenvalue weighted by atomic mass is 9.99. The van der Waals surface area contributed by atoms with Crippen molar-refractivity contribution in [2.75, 3.05) is 7.05 Å². The predicted octanol–water partition coefficient (Wildman–Crippen LogP) is 5.12. The average molecular weight is 373 g/mol. The van der Waals surface area contributed by atoms with E-state index < -0.39 is 5.60 Å². The Hall–Kier alpha value is -1.98. The number of benzene rings is 2. The molecule has 5 heteroatoms. The van der Waals surface area contributed by atoms with E-state index in [9.17, 15) is 4.79 Å². The normalized spacial score (nSPS) is 12.5. The van der Waals surface area contributed by atoms with E-state index >= 15 is 0 Å². The minimum atomic E-state index is -0.505. The summed E-state index contributed by atoms with van der Waals surface area (Å²) in [6.07, 6.45) is -0.325. The zero-order chi connectivity index (χ0) is 19.3. The fourth-order valence-corrected chi connectivity index (χ4v) is 3.33. The van der Waals surface area contributed by atoms with Gasteiger partial charge in [0.05, 0.1) is 5.37 Å². The number of thioether (sulfide) groups is 1. The first-order chi connectivity index (χ1) is 12.2. The maximum absolute atomic E-state index is 12.3. The SMILES string of the molecule is C[C@H](N)Sc1cccc(-c2ccccc2CN(C)C(=O)OC(C)(C)C)c1. The van der Waals surface area contributed by atoms with Crippen molar-refractivity contribution in [3.8, 4) is 11.1 Å². The first kappa shape index (κ1) is 20.3. The lowest BCUT2D eigenvalue weighted by molar-refractivity contribution is 0.0285. The Morgan fingerprint density at radius 1 is 1.19 bits per heavy atom. The van der Waals surface area contributed by atoms with E-state index in [1.807, 2.05) is 52.0 Å². The van der Waals surface area contributed by atoms with Gasteiger partial charge in [-0.2, -0.15) is 0 Å². The van der Waals surface area contributed by atoms with Crippen molar-refractivity contribution < 1.29 is 9.53 Å². The third-order valence-electron chi connectivity index (χ3n) is 3.60. The van der Waals surface area contributed by atoms with Crippen molar-refractivity contribution in [2.45, 2.75) is 50.1 Å². The average Bonchev–Trinajstić information content (AvgIpc) is 2.53. The summed E-state index contributed by atoms with van der Waals surface area (Å²) in [5.41, 5.74) is 8.69. The third kappa shape index (κ3) is 6.07. The molecule has 0 heterocycles. The fourth-order valence-electron chi connectivity index (χ4n) is 2.55. The first-order valence-corrected chi connectivity index (χ1v) is 9.58. The van der Waals surface area contributed by atoms with Crippen LogP contribution in [0.3, 0.4) is 0 Å². The monoisotopic (exact) mass is 372 g/mol. The third-order valence-corrected chi connectivity index (χ3v) is 4.49. The van der Waals surface area contributed by atoms with Crippen molar-refractivity contribution in [1.29, 1.82) is 0 Å². The van der Waals surface area contributed by atoms with Crippen LogP contribution in [0, 0.1) is 0 Å². The Balaban J connectivity index is 2.24.